The van der Waals surface area contributed by atoms with Gasteiger partial charge in [0.1, 0.15) is 5.75 Å². The van der Waals surface area contributed by atoms with E-state index in [4.69, 9.17) is 9.84 Å². The predicted molar refractivity (Wildman–Crippen MR) is 121 cm³/mol. The number of hydrogen-bond donors (Lipinski definition) is 4. The van der Waals surface area contributed by atoms with Crippen LogP contribution in [-0.4, -0.2) is 43.9 Å². The molecule has 0 atom stereocenters. The predicted octanol–water partition coefficient (Wildman–Crippen LogP) is 2.84. The van der Waals surface area contributed by atoms with Gasteiger partial charge in [0.25, 0.3) is 5.91 Å². The number of ether oxygens (including phenoxy) is 1. The van der Waals surface area contributed by atoms with Crippen molar-refractivity contribution < 1.29 is 14.6 Å². The fourth-order valence-electron chi connectivity index (χ4n) is 3.21. The molecule has 158 valence electrons. The van der Waals surface area contributed by atoms with Crippen LogP contribution in [0.3, 0.4) is 0 Å². The Bertz CT molecular complexity index is 958. The Hall–Kier alpha value is -2.93. The van der Waals surface area contributed by atoms with Gasteiger partial charge in [0.2, 0.25) is 0 Å². The topological polar surface area (TPSA) is 82.6 Å². The van der Waals surface area contributed by atoms with E-state index in [2.05, 4.69) is 28.1 Å². The van der Waals surface area contributed by atoms with Crippen molar-refractivity contribution in [3.8, 4) is 5.75 Å². The van der Waals surface area contributed by atoms with Crippen LogP contribution in [0.4, 0.5) is 5.69 Å². The third-order valence-electron chi connectivity index (χ3n) is 4.76. The molecule has 0 heterocycles. The van der Waals surface area contributed by atoms with E-state index in [9.17, 15) is 4.79 Å². The Morgan fingerprint density at radius 2 is 1.70 bits per heavy atom. The van der Waals surface area contributed by atoms with Gasteiger partial charge in [0.05, 0.1) is 6.61 Å². The summed E-state index contributed by atoms with van der Waals surface area (Å²) in [6.07, 6.45) is 0. The second-order valence-corrected chi connectivity index (χ2v) is 7.12. The number of nitrogens with one attached hydrogen (secondary N) is 3. The molecular formula is C24H29N3O3. The lowest BCUT2D eigenvalue weighted by Crippen LogP contribution is -2.29. The summed E-state index contributed by atoms with van der Waals surface area (Å²) < 4.78 is 5.90. The average molecular weight is 408 g/mol. The molecular weight excluding hydrogens is 378 g/mol. The minimum atomic E-state index is -0.195. The van der Waals surface area contributed by atoms with Crippen LogP contribution in [0.1, 0.15) is 11.1 Å². The van der Waals surface area contributed by atoms with Gasteiger partial charge in [-0.3, -0.25) is 4.79 Å². The highest BCUT2D eigenvalue weighted by atomic mass is 16.5. The van der Waals surface area contributed by atoms with Gasteiger partial charge >= 0.3 is 0 Å². The van der Waals surface area contributed by atoms with Crippen LogP contribution >= 0.6 is 0 Å². The van der Waals surface area contributed by atoms with E-state index in [1.807, 2.05) is 55.5 Å². The van der Waals surface area contributed by atoms with E-state index in [0.717, 1.165) is 40.7 Å². The maximum absolute atomic E-state index is 12.3. The number of carbonyl (C=O) groups is 1. The maximum atomic E-state index is 12.3. The molecule has 30 heavy (non-hydrogen) atoms. The van der Waals surface area contributed by atoms with Crippen LogP contribution in [0, 0.1) is 6.92 Å². The van der Waals surface area contributed by atoms with Crippen LogP contribution in [0.15, 0.2) is 60.7 Å². The van der Waals surface area contributed by atoms with Crippen LogP contribution in [0.25, 0.3) is 10.8 Å². The monoisotopic (exact) mass is 407 g/mol. The van der Waals surface area contributed by atoms with Crippen molar-refractivity contribution in [3.05, 3.63) is 71.8 Å². The second-order valence-electron chi connectivity index (χ2n) is 7.12. The van der Waals surface area contributed by atoms with Gasteiger partial charge < -0.3 is 25.8 Å². The molecule has 0 aliphatic heterocycles. The van der Waals surface area contributed by atoms with Crippen LogP contribution in [0.5, 0.6) is 5.75 Å². The van der Waals surface area contributed by atoms with Crippen molar-refractivity contribution in [1.29, 1.82) is 0 Å². The van der Waals surface area contributed by atoms with Gasteiger partial charge in [-0.05, 0) is 35.9 Å². The first-order valence-corrected chi connectivity index (χ1v) is 10.2. The Morgan fingerprint density at radius 3 is 2.50 bits per heavy atom. The van der Waals surface area contributed by atoms with Crippen molar-refractivity contribution in [3.63, 3.8) is 0 Å². The number of hydrogen-bond acceptors (Lipinski definition) is 5. The summed E-state index contributed by atoms with van der Waals surface area (Å²) >= 11 is 0. The highest BCUT2D eigenvalue weighted by molar-refractivity contribution is 5.92. The first kappa shape index (κ1) is 21.8. The second kappa shape index (κ2) is 11.3. The van der Waals surface area contributed by atoms with Crippen LogP contribution in [0.2, 0.25) is 0 Å². The van der Waals surface area contributed by atoms with Crippen molar-refractivity contribution >= 4 is 22.4 Å². The molecule has 6 nitrogen and oxygen atoms in total. The number of aryl methyl sites for hydroxylation is 1. The lowest BCUT2D eigenvalue weighted by molar-refractivity contribution is -0.118. The quantitative estimate of drug-likeness (QED) is 0.368. The van der Waals surface area contributed by atoms with E-state index < -0.39 is 0 Å². The number of carbonyl (C=O) groups excluding carboxylic acids is 1. The summed E-state index contributed by atoms with van der Waals surface area (Å²) in [5.41, 5.74) is 2.92. The van der Waals surface area contributed by atoms with Gasteiger partial charge in [-0.1, -0.05) is 48.0 Å². The summed E-state index contributed by atoms with van der Waals surface area (Å²) in [6, 6.07) is 19.7. The minimum Gasteiger partial charge on any atom is -0.483 e. The molecule has 0 radical (unpaired) electrons. The van der Waals surface area contributed by atoms with Crippen LogP contribution < -0.4 is 20.7 Å². The Morgan fingerprint density at radius 1 is 0.933 bits per heavy atom. The molecule has 3 rings (SSSR count). The molecule has 0 aromatic heterocycles. The Labute approximate surface area is 177 Å². The number of amides is 1. The lowest BCUT2D eigenvalue weighted by Gasteiger charge is -2.15. The fourth-order valence-corrected chi connectivity index (χ4v) is 3.21. The molecule has 3 aromatic rings. The molecule has 6 heteroatoms. The van der Waals surface area contributed by atoms with E-state index >= 15 is 0 Å². The smallest absolute Gasteiger partial charge is 0.262 e. The number of fused-ring (bicyclic) bond motifs is 1. The molecule has 0 aliphatic rings. The SMILES string of the molecule is Cc1ccc(NC(=O)COc2ccc3ccccc3c2CNCCNCCO)cc1. The molecule has 4 N–H and O–H groups in total. The van der Waals surface area contributed by atoms with Crippen LogP contribution in [-0.2, 0) is 11.3 Å². The van der Waals surface area contributed by atoms with Gasteiger partial charge in [-0.2, -0.15) is 0 Å². The van der Waals surface area contributed by atoms with Gasteiger partial charge in [-0.15, -0.1) is 0 Å². The summed E-state index contributed by atoms with van der Waals surface area (Å²) in [6.45, 7) is 4.81. The van der Waals surface area contributed by atoms with Crippen molar-refractivity contribution in [2.45, 2.75) is 13.5 Å². The lowest BCUT2D eigenvalue weighted by atomic mass is 10.0. The van der Waals surface area contributed by atoms with Crippen molar-refractivity contribution in [2.75, 3.05) is 38.2 Å². The maximum Gasteiger partial charge on any atom is 0.262 e. The highest BCUT2D eigenvalue weighted by Crippen LogP contribution is 2.28. The number of aliphatic hydroxyl groups excluding tert-OH is 1. The van der Waals surface area contributed by atoms with Crippen molar-refractivity contribution in [2.24, 2.45) is 0 Å². The molecule has 0 aliphatic carbocycles. The normalized spacial score (nSPS) is 10.9. The number of aliphatic hydroxyl groups is 1. The Kier molecular flexibility index (Phi) is 8.20. The van der Waals surface area contributed by atoms with Gasteiger partial charge in [-0.25, -0.2) is 0 Å². The summed E-state index contributed by atoms with van der Waals surface area (Å²) in [5, 5.41) is 20.5. The number of rotatable bonds is 11. The summed E-state index contributed by atoms with van der Waals surface area (Å²) in [7, 11) is 0. The zero-order valence-corrected chi connectivity index (χ0v) is 17.3. The van der Waals surface area contributed by atoms with Gasteiger partial charge in [0.15, 0.2) is 6.61 Å². The van der Waals surface area contributed by atoms with E-state index in [1.165, 1.54) is 0 Å². The fraction of sp³-hybridized carbons (Fsp3) is 0.292. The summed E-state index contributed by atoms with van der Waals surface area (Å²) in [4.78, 5) is 12.3. The third-order valence-corrected chi connectivity index (χ3v) is 4.76. The number of benzene rings is 3. The molecule has 0 unspecified atom stereocenters. The Balaban J connectivity index is 1.64. The third kappa shape index (κ3) is 6.29. The van der Waals surface area contributed by atoms with Gasteiger partial charge in [0, 0.05) is 37.4 Å². The van der Waals surface area contributed by atoms with Crippen molar-refractivity contribution in [1.82, 2.24) is 10.6 Å². The summed E-state index contributed by atoms with van der Waals surface area (Å²) in [5.74, 6) is 0.502. The molecule has 0 fully saturated rings. The highest BCUT2D eigenvalue weighted by Gasteiger charge is 2.11. The first-order chi connectivity index (χ1) is 14.7. The molecule has 1 amide bonds. The zero-order chi connectivity index (χ0) is 21.2. The standard InChI is InChI=1S/C24H29N3O3/c1-18-6-9-20(10-7-18)27-24(29)17-30-23-11-8-19-4-2-3-5-21(19)22(23)16-26-13-12-25-14-15-28/h2-11,25-26,28H,12-17H2,1H3,(H,27,29). The van der Waals surface area contributed by atoms with E-state index in [0.29, 0.717) is 18.8 Å². The average Bonchev–Trinajstić information content (AvgIpc) is 2.76. The van der Waals surface area contributed by atoms with E-state index in [1.54, 1.807) is 0 Å². The zero-order valence-electron chi connectivity index (χ0n) is 17.3. The number of anilines is 1. The molecule has 3 aromatic carbocycles. The first-order valence-electron chi connectivity index (χ1n) is 10.2. The molecule has 0 spiro atoms. The largest absolute Gasteiger partial charge is 0.483 e. The molecule has 0 saturated carbocycles. The van der Waals surface area contributed by atoms with E-state index in [-0.39, 0.29) is 19.1 Å². The molecule has 0 saturated heterocycles. The minimum absolute atomic E-state index is 0.0583. The molecule has 0 bridgehead atoms.